The molecule has 0 spiro atoms. The van der Waals surface area contributed by atoms with Gasteiger partial charge in [0.25, 0.3) is 0 Å². The lowest BCUT2D eigenvalue weighted by Crippen LogP contribution is -2.53. The first-order chi connectivity index (χ1) is 8.04. The normalized spacial score (nSPS) is 24.5. The number of hydrogen-bond acceptors (Lipinski definition) is 4. The van der Waals surface area contributed by atoms with Gasteiger partial charge in [0.1, 0.15) is 6.17 Å². The number of halogens is 1. The summed E-state index contributed by atoms with van der Waals surface area (Å²) in [6.45, 7) is 2.05. The maximum atomic E-state index is 13.6. The highest BCUT2D eigenvalue weighted by Gasteiger charge is 2.31. The molecule has 0 aromatic carbocycles. The molecule has 1 aliphatic heterocycles. The molecule has 2 atom stereocenters. The topological polar surface area (TPSA) is 78.9 Å². The number of esters is 1. The molecule has 0 radical (unpaired) electrons. The molecule has 7 heteroatoms. The van der Waals surface area contributed by atoms with Crippen molar-refractivity contribution in [3.05, 3.63) is 0 Å². The molecule has 1 rings (SSSR count). The van der Waals surface area contributed by atoms with Crippen molar-refractivity contribution in [3.63, 3.8) is 0 Å². The van der Waals surface area contributed by atoms with Gasteiger partial charge in [0.05, 0.1) is 19.7 Å². The van der Waals surface area contributed by atoms with E-state index in [9.17, 15) is 14.0 Å². The van der Waals surface area contributed by atoms with Crippen molar-refractivity contribution >= 4 is 12.1 Å². The van der Waals surface area contributed by atoms with E-state index in [1.807, 2.05) is 0 Å². The molecule has 6 nitrogen and oxygen atoms in total. The van der Waals surface area contributed by atoms with Crippen molar-refractivity contribution in [3.8, 4) is 0 Å². The zero-order valence-electron chi connectivity index (χ0n) is 9.69. The van der Waals surface area contributed by atoms with Crippen molar-refractivity contribution in [2.24, 2.45) is 0 Å². The molecule has 0 aliphatic carbocycles. The van der Waals surface area contributed by atoms with Gasteiger partial charge in [-0.1, -0.05) is 0 Å². The van der Waals surface area contributed by atoms with Gasteiger partial charge in [-0.3, -0.25) is 4.79 Å². The molecule has 2 N–H and O–H groups in total. The Morgan fingerprint density at radius 2 is 2.29 bits per heavy atom. The molecule has 17 heavy (non-hydrogen) atoms. The molecule has 1 aliphatic rings. The van der Waals surface area contributed by atoms with Crippen LogP contribution < -0.4 is 5.32 Å². The van der Waals surface area contributed by atoms with Gasteiger partial charge in [0, 0.05) is 12.6 Å². The summed E-state index contributed by atoms with van der Waals surface area (Å²) < 4.78 is 18.3. The molecule has 1 amide bonds. The van der Waals surface area contributed by atoms with Crippen LogP contribution in [0.25, 0.3) is 0 Å². The van der Waals surface area contributed by atoms with Crippen molar-refractivity contribution in [2.45, 2.75) is 25.6 Å². The van der Waals surface area contributed by atoms with Crippen LogP contribution >= 0.6 is 0 Å². The van der Waals surface area contributed by atoms with E-state index < -0.39 is 24.3 Å². The number of piperidine rings is 1. The highest BCUT2D eigenvalue weighted by atomic mass is 19.1. The molecule has 0 aromatic rings. The van der Waals surface area contributed by atoms with Gasteiger partial charge in [-0.25, -0.2) is 9.18 Å². The maximum absolute atomic E-state index is 13.6. The van der Waals surface area contributed by atoms with E-state index in [1.54, 1.807) is 6.92 Å². The van der Waals surface area contributed by atoms with Crippen LogP contribution in [-0.4, -0.2) is 60.5 Å². The zero-order valence-corrected chi connectivity index (χ0v) is 9.69. The Kier molecular flexibility index (Phi) is 5.14. The van der Waals surface area contributed by atoms with Crippen LogP contribution in [0.2, 0.25) is 0 Å². The minimum atomic E-state index is -1.30. The Morgan fingerprint density at radius 1 is 1.59 bits per heavy atom. The summed E-state index contributed by atoms with van der Waals surface area (Å²) in [7, 11) is 0. The Labute approximate surface area is 98.7 Å². The van der Waals surface area contributed by atoms with Crippen LogP contribution in [0.3, 0.4) is 0 Å². The number of nitrogens with one attached hydrogen (secondary N) is 1. The van der Waals surface area contributed by atoms with Crippen LogP contribution in [-0.2, 0) is 9.53 Å². The number of carbonyl (C=O) groups is 2. The number of likely N-dealkylation sites (tertiary alicyclic amines) is 1. The number of amides is 1. The van der Waals surface area contributed by atoms with E-state index in [0.29, 0.717) is 6.42 Å². The summed E-state index contributed by atoms with van der Waals surface area (Å²) in [5.41, 5.74) is 0. The number of carbonyl (C=O) groups excluding carboxylic acids is 1. The molecule has 98 valence electrons. The van der Waals surface area contributed by atoms with Crippen molar-refractivity contribution in [1.82, 2.24) is 10.2 Å². The Morgan fingerprint density at radius 3 is 2.82 bits per heavy atom. The standard InChI is InChI=1S/C10H17FN2O4/c1-2-17-9(14)5-12-8-3-4-13(10(15)16)6-7(8)11/h7-8,12H,2-6H2,1H3,(H,15,16)/t7-,8+/m0/s1. The Bertz CT molecular complexity index is 287. The third-order valence-electron chi connectivity index (χ3n) is 2.63. The molecule has 0 unspecified atom stereocenters. The minimum absolute atomic E-state index is 0.0496. The maximum Gasteiger partial charge on any atom is 0.407 e. The minimum Gasteiger partial charge on any atom is -0.465 e. The largest absolute Gasteiger partial charge is 0.465 e. The predicted molar refractivity (Wildman–Crippen MR) is 57.5 cm³/mol. The third kappa shape index (κ3) is 4.18. The number of alkyl halides is 1. The van der Waals surface area contributed by atoms with Crippen molar-refractivity contribution in [1.29, 1.82) is 0 Å². The van der Waals surface area contributed by atoms with Crippen molar-refractivity contribution in [2.75, 3.05) is 26.2 Å². The van der Waals surface area contributed by atoms with E-state index in [1.165, 1.54) is 0 Å². The quantitative estimate of drug-likeness (QED) is 0.696. The van der Waals surface area contributed by atoms with E-state index >= 15 is 0 Å². The molecule has 0 saturated carbocycles. The van der Waals surface area contributed by atoms with E-state index in [-0.39, 0.29) is 26.2 Å². The molecular weight excluding hydrogens is 231 g/mol. The second kappa shape index (κ2) is 6.39. The summed E-state index contributed by atoms with van der Waals surface area (Å²) in [6.07, 6.45) is -2.06. The number of ether oxygens (including phenoxy) is 1. The summed E-state index contributed by atoms with van der Waals surface area (Å²) in [6, 6.07) is -0.491. The highest BCUT2D eigenvalue weighted by molar-refractivity contribution is 5.71. The fourth-order valence-corrected chi connectivity index (χ4v) is 1.73. The van der Waals surface area contributed by atoms with Crippen LogP contribution in [0.15, 0.2) is 0 Å². The van der Waals surface area contributed by atoms with Gasteiger partial charge < -0.3 is 20.1 Å². The number of carboxylic acid groups (broad SMARTS) is 1. The number of rotatable bonds is 4. The first kappa shape index (κ1) is 13.7. The lowest BCUT2D eigenvalue weighted by atomic mass is 10.0. The van der Waals surface area contributed by atoms with E-state index in [0.717, 1.165) is 4.90 Å². The fraction of sp³-hybridized carbons (Fsp3) is 0.800. The van der Waals surface area contributed by atoms with Crippen LogP contribution in [0.4, 0.5) is 9.18 Å². The van der Waals surface area contributed by atoms with Crippen LogP contribution in [0.5, 0.6) is 0 Å². The molecule has 1 saturated heterocycles. The smallest absolute Gasteiger partial charge is 0.407 e. The predicted octanol–water partition coefficient (Wildman–Crippen LogP) is 0.230. The number of nitrogens with zero attached hydrogens (tertiary/aromatic N) is 1. The van der Waals surface area contributed by atoms with Crippen LogP contribution in [0, 0.1) is 0 Å². The monoisotopic (exact) mass is 248 g/mol. The lowest BCUT2D eigenvalue weighted by molar-refractivity contribution is -0.142. The van der Waals surface area contributed by atoms with Gasteiger partial charge in [0.2, 0.25) is 0 Å². The van der Waals surface area contributed by atoms with Gasteiger partial charge in [-0.15, -0.1) is 0 Å². The Balaban J connectivity index is 2.32. The van der Waals surface area contributed by atoms with Crippen LogP contribution in [0.1, 0.15) is 13.3 Å². The first-order valence-electron chi connectivity index (χ1n) is 5.55. The highest BCUT2D eigenvalue weighted by Crippen LogP contribution is 2.14. The SMILES string of the molecule is CCOC(=O)CN[C@@H]1CCN(C(=O)O)C[C@@H]1F. The molecular formula is C10H17FN2O4. The van der Waals surface area contributed by atoms with E-state index in [2.05, 4.69) is 5.32 Å². The summed E-state index contributed by atoms with van der Waals surface area (Å²) >= 11 is 0. The number of hydrogen-bond donors (Lipinski definition) is 2. The summed E-state index contributed by atoms with van der Waals surface area (Å²) in [5.74, 6) is -0.430. The van der Waals surface area contributed by atoms with Crippen molar-refractivity contribution < 1.29 is 23.8 Å². The lowest BCUT2D eigenvalue weighted by Gasteiger charge is -2.33. The van der Waals surface area contributed by atoms with Gasteiger partial charge in [0.15, 0.2) is 0 Å². The molecule has 1 heterocycles. The Hall–Kier alpha value is -1.37. The molecule has 1 fully saturated rings. The molecule has 0 bridgehead atoms. The average Bonchev–Trinajstić information content (AvgIpc) is 2.27. The summed E-state index contributed by atoms with van der Waals surface area (Å²) in [5, 5.41) is 11.4. The fourth-order valence-electron chi connectivity index (χ4n) is 1.73. The van der Waals surface area contributed by atoms with Gasteiger partial charge in [-0.2, -0.15) is 0 Å². The second-order valence-electron chi connectivity index (χ2n) is 3.83. The summed E-state index contributed by atoms with van der Waals surface area (Å²) in [4.78, 5) is 22.7. The molecule has 0 aromatic heterocycles. The zero-order chi connectivity index (χ0) is 12.8. The second-order valence-corrected chi connectivity index (χ2v) is 3.83. The van der Waals surface area contributed by atoms with Gasteiger partial charge >= 0.3 is 12.1 Å². The third-order valence-corrected chi connectivity index (χ3v) is 2.63. The van der Waals surface area contributed by atoms with Gasteiger partial charge in [-0.05, 0) is 13.3 Å². The first-order valence-corrected chi connectivity index (χ1v) is 5.55. The van der Waals surface area contributed by atoms with E-state index in [4.69, 9.17) is 9.84 Å². The average molecular weight is 248 g/mol.